The van der Waals surface area contributed by atoms with E-state index < -0.39 is 5.97 Å². The van der Waals surface area contributed by atoms with Gasteiger partial charge in [0, 0.05) is 25.3 Å². The normalized spacial score (nSPS) is 19.4. The summed E-state index contributed by atoms with van der Waals surface area (Å²) in [6, 6.07) is 9.76. The molecule has 1 fully saturated rings. The Balaban J connectivity index is 1.67. The summed E-state index contributed by atoms with van der Waals surface area (Å²) in [5.74, 6) is 0.110. The molecule has 1 aromatic rings. The first-order chi connectivity index (χ1) is 13.6. The topological polar surface area (TPSA) is 81.7 Å². The average molecular weight is 387 g/mol. The molecule has 2 rings (SSSR count). The van der Waals surface area contributed by atoms with Crippen LogP contribution in [-0.4, -0.2) is 44.0 Å². The maximum Gasteiger partial charge on any atom is 0.331 e. The Kier molecular flexibility index (Phi) is 9.42. The number of rotatable bonds is 11. The van der Waals surface area contributed by atoms with E-state index in [2.05, 4.69) is 10.1 Å². The number of carbonyl (C=O) groups excluding carboxylic acids is 3. The highest BCUT2D eigenvalue weighted by Gasteiger charge is 2.26. The van der Waals surface area contributed by atoms with Crippen molar-refractivity contribution in [1.82, 2.24) is 5.32 Å². The standard InChI is InChI=1S/C22H29NO5/c1-27-22(26)16-28-12-6-5-9-18-13-19(23-21(25)15-18)10-11-20(24)14-17-7-3-2-4-8-17/h2-8,18-19H,9-16H2,1H3,(H,23,25)/t18?,19-/m0/s1. The molecule has 0 spiro atoms. The van der Waals surface area contributed by atoms with Crippen molar-refractivity contribution in [3.8, 4) is 0 Å². The van der Waals surface area contributed by atoms with Crippen molar-refractivity contribution in [3.63, 3.8) is 0 Å². The van der Waals surface area contributed by atoms with E-state index >= 15 is 0 Å². The van der Waals surface area contributed by atoms with Crippen molar-refractivity contribution in [2.75, 3.05) is 20.3 Å². The quantitative estimate of drug-likeness (QED) is 0.359. The van der Waals surface area contributed by atoms with Gasteiger partial charge in [-0.2, -0.15) is 0 Å². The Hall–Kier alpha value is -2.47. The molecule has 28 heavy (non-hydrogen) atoms. The van der Waals surface area contributed by atoms with Gasteiger partial charge in [0.25, 0.3) is 0 Å². The van der Waals surface area contributed by atoms with E-state index in [1.165, 1.54) is 7.11 Å². The van der Waals surface area contributed by atoms with Crippen molar-refractivity contribution < 1.29 is 23.9 Å². The van der Waals surface area contributed by atoms with Crippen LogP contribution >= 0.6 is 0 Å². The van der Waals surface area contributed by atoms with E-state index in [0.717, 1.165) is 18.4 Å². The van der Waals surface area contributed by atoms with Crippen LogP contribution in [0.25, 0.3) is 0 Å². The predicted molar refractivity (Wildman–Crippen MR) is 106 cm³/mol. The maximum atomic E-state index is 12.2. The van der Waals surface area contributed by atoms with E-state index in [9.17, 15) is 14.4 Å². The van der Waals surface area contributed by atoms with Crippen LogP contribution < -0.4 is 5.32 Å². The van der Waals surface area contributed by atoms with Crippen LogP contribution in [0.4, 0.5) is 0 Å². The molecule has 1 N–H and O–H groups in total. The van der Waals surface area contributed by atoms with Crippen LogP contribution in [0.3, 0.4) is 0 Å². The molecule has 6 heteroatoms. The van der Waals surface area contributed by atoms with Crippen LogP contribution in [0.1, 0.15) is 37.7 Å². The molecule has 0 aliphatic carbocycles. The largest absolute Gasteiger partial charge is 0.467 e. The number of benzene rings is 1. The van der Waals surface area contributed by atoms with Gasteiger partial charge in [0.1, 0.15) is 12.4 Å². The number of nitrogens with one attached hydrogen (secondary N) is 1. The van der Waals surface area contributed by atoms with Gasteiger partial charge in [-0.15, -0.1) is 0 Å². The van der Waals surface area contributed by atoms with Crippen molar-refractivity contribution in [3.05, 3.63) is 48.0 Å². The van der Waals surface area contributed by atoms with Crippen molar-refractivity contribution in [2.45, 2.75) is 44.6 Å². The Morgan fingerprint density at radius 1 is 1.21 bits per heavy atom. The molecular formula is C22H29NO5. The van der Waals surface area contributed by atoms with E-state index in [1.54, 1.807) is 0 Å². The zero-order valence-electron chi connectivity index (χ0n) is 16.4. The highest BCUT2D eigenvalue weighted by Crippen LogP contribution is 2.23. The van der Waals surface area contributed by atoms with Gasteiger partial charge in [-0.1, -0.05) is 42.5 Å². The number of Topliss-reactive ketones (excluding diaryl/α,β-unsaturated/α-hetero) is 1. The molecule has 2 atom stereocenters. The lowest BCUT2D eigenvalue weighted by molar-refractivity contribution is -0.145. The molecule has 152 valence electrons. The van der Waals surface area contributed by atoms with Crippen LogP contribution in [0, 0.1) is 5.92 Å². The molecule has 1 amide bonds. The summed E-state index contributed by atoms with van der Waals surface area (Å²) in [6.45, 7) is 0.275. The second-order valence-corrected chi connectivity index (χ2v) is 7.11. The second kappa shape index (κ2) is 12.1. The lowest BCUT2D eigenvalue weighted by atomic mass is 9.87. The predicted octanol–water partition coefficient (Wildman–Crippen LogP) is 2.61. The minimum Gasteiger partial charge on any atom is -0.467 e. The maximum absolute atomic E-state index is 12.2. The molecule has 0 aromatic heterocycles. The molecule has 6 nitrogen and oxygen atoms in total. The van der Waals surface area contributed by atoms with E-state index in [4.69, 9.17) is 4.74 Å². The van der Waals surface area contributed by atoms with E-state index in [1.807, 2.05) is 42.5 Å². The molecule has 0 bridgehead atoms. The SMILES string of the molecule is COC(=O)COCC=CCC1CC(=O)N[C@@H](CCC(=O)Cc2ccccc2)C1. The van der Waals surface area contributed by atoms with Gasteiger partial charge >= 0.3 is 5.97 Å². The van der Waals surface area contributed by atoms with Gasteiger partial charge in [-0.25, -0.2) is 4.79 Å². The highest BCUT2D eigenvalue weighted by atomic mass is 16.6. The second-order valence-electron chi connectivity index (χ2n) is 7.11. The summed E-state index contributed by atoms with van der Waals surface area (Å²) < 4.78 is 9.65. The monoisotopic (exact) mass is 387 g/mol. The highest BCUT2D eigenvalue weighted by molar-refractivity contribution is 5.81. The first-order valence-electron chi connectivity index (χ1n) is 9.71. The number of allylic oxidation sites excluding steroid dienone is 1. The molecule has 1 aliphatic heterocycles. The first-order valence-corrected chi connectivity index (χ1v) is 9.71. The number of ketones is 1. The van der Waals surface area contributed by atoms with Crippen molar-refractivity contribution in [1.29, 1.82) is 0 Å². The number of hydrogen-bond acceptors (Lipinski definition) is 5. The molecule has 1 aliphatic rings. The third-order valence-corrected chi connectivity index (χ3v) is 4.77. The summed E-state index contributed by atoms with van der Waals surface area (Å²) in [5, 5.41) is 3.00. The summed E-state index contributed by atoms with van der Waals surface area (Å²) in [5.41, 5.74) is 1.03. The smallest absolute Gasteiger partial charge is 0.331 e. The molecule has 1 unspecified atom stereocenters. The fraction of sp³-hybridized carbons (Fsp3) is 0.500. The lowest BCUT2D eigenvalue weighted by Crippen LogP contribution is -2.42. The summed E-state index contributed by atoms with van der Waals surface area (Å²) >= 11 is 0. The fourth-order valence-electron chi connectivity index (χ4n) is 3.34. The Bertz CT molecular complexity index is 671. The Labute approximate surface area is 166 Å². The molecule has 1 heterocycles. The van der Waals surface area contributed by atoms with Gasteiger partial charge < -0.3 is 14.8 Å². The van der Waals surface area contributed by atoms with Crippen molar-refractivity contribution in [2.24, 2.45) is 5.92 Å². The third-order valence-electron chi connectivity index (χ3n) is 4.77. The van der Waals surface area contributed by atoms with Gasteiger partial charge in [-0.3, -0.25) is 9.59 Å². The van der Waals surface area contributed by atoms with E-state index in [-0.39, 0.29) is 30.3 Å². The van der Waals surface area contributed by atoms with E-state index in [0.29, 0.717) is 32.3 Å². The molecule has 1 aromatic carbocycles. The number of amides is 1. The molecule has 1 saturated heterocycles. The number of carbonyl (C=O) groups is 3. The fourth-order valence-corrected chi connectivity index (χ4v) is 3.34. The van der Waals surface area contributed by atoms with Crippen LogP contribution in [0.15, 0.2) is 42.5 Å². The van der Waals surface area contributed by atoms with Crippen LogP contribution in [0.2, 0.25) is 0 Å². The minimum absolute atomic E-state index is 0.0482. The molecular weight excluding hydrogens is 358 g/mol. The van der Waals surface area contributed by atoms with Crippen LogP contribution in [-0.2, 0) is 30.3 Å². The number of ether oxygens (including phenoxy) is 2. The van der Waals surface area contributed by atoms with Gasteiger partial charge in [0.05, 0.1) is 13.7 Å². The Morgan fingerprint density at radius 3 is 2.75 bits per heavy atom. The first kappa shape index (κ1) is 21.8. The zero-order valence-corrected chi connectivity index (χ0v) is 16.4. The van der Waals surface area contributed by atoms with Gasteiger partial charge in [-0.05, 0) is 30.7 Å². The summed E-state index contributed by atoms with van der Waals surface area (Å²) in [4.78, 5) is 35.1. The van der Waals surface area contributed by atoms with Crippen LogP contribution in [0.5, 0.6) is 0 Å². The Morgan fingerprint density at radius 2 is 2.00 bits per heavy atom. The average Bonchev–Trinajstić information content (AvgIpc) is 2.69. The number of esters is 1. The number of piperidine rings is 1. The minimum atomic E-state index is -0.401. The third kappa shape index (κ3) is 8.48. The van der Waals surface area contributed by atoms with Gasteiger partial charge in [0.15, 0.2) is 0 Å². The lowest BCUT2D eigenvalue weighted by Gasteiger charge is -2.29. The van der Waals surface area contributed by atoms with Gasteiger partial charge in [0.2, 0.25) is 5.91 Å². The molecule has 0 saturated carbocycles. The molecule has 0 radical (unpaired) electrons. The van der Waals surface area contributed by atoms with Crippen molar-refractivity contribution >= 4 is 17.7 Å². The summed E-state index contributed by atoms with van der Waals surface area (Å²) in [6.07, 6.45) is 7.60. The summed E-state index contributed by atoms with van der Waals surface area (Å²) in [7, 11) is 1.32. The zero-order chi connectivity index (χ0) is 20.2. The number of hydrogen-bond donors (Lipinski definition) is 1. The number of methoxy groups -OCH3 is 1.